The van der Waals surface area contributed by atoms with E-state index < -0.39 is 0 Å². The second-order valence-electron chi connectivity index (χ2n) is 4.93. The van der Waals surface area contributed by atoms with Crippen molar-refractivity contribution in [3.8, 4) is 0 Å². The molecule has 1 saturated heterocycles. The van der Waals surface area contributed by atoms with Crippen LogP contribution in [0.4, 0.5) is 0 Å². The maximum atomic E-state index is 12.3. The molecule has 1 atom stereocenters. The molecule has 5 heteroatoms. The van der Waals surface area contributed by atoms with Gasteiger partial charge in [-0.1, -0.05) is 49.0 Å². The highest BCUT2D eigenvalue weighted by Crippen LogP contribution is 2.41. The average Bonchev–Trinajstić information content (AvgIpc) is 2.88. The first-order chi connectivity index (χ1) is 9.63. The van der Waals surface area contributed by atoms with E-state index in [2.05, 4.69) is 6.92 Å². The van der Waals surface area contributed by atoms with E-state index in [1.807, 2.05) is 17.0 Å². The number of nitrogens with zero attached hydrogens (tertiary/aromatic N) is 1. The maximum Gasteiger partial charge on any atom is 0.223 e. The summed E-state index contributed by atoms with van der Waals surface area (Å²) in [7, 11) is 0. The third kappa shape index (κ3) is 3.84. The molecular weight excluding hydrogens is 313 g/mol. The van der Waals surface area contributed by atoms with Crippen molar-refractivity contribution >= 4 is 40.9 Å². The fourth-order valence-corrected chi connectivity index (χ4v) is 4.24. The third-order valence-corrected chi connectivity index (χ3v) is 5.24. The number of thioether (sulfide) groups is 1. The molecule has 1 aromatic carbocycles. The number of amides is 1. The lowest BCUT2D eigenvalue weighted by molar-refractivity contribution is -0.131. The van der Waals surface area contributed by atoms with Gasteiger partial charge < -0.3 is 4.90 Å². The van der Waals surface area contributed by atoms with Crippen LogP contribution in [0.5, 0.6) is 0 Å². The van der Waals surface area contributed by atoms with Gasteiger partial charge in [0, 0.05) is 34.3 Å². The summed E-state index contributed by atoms with van der Waals surface area (Å²) in [5.74, 6) is 1.20. The Kier molecular flexibility index (Phi) is 6.06. The predicted molar refractivity (Wildman–Crippen MR) is 87.5 cm³/mol. The van der Waals surface area contributed by atoms with Gasteiger partial charge in [0.25, 0.3) is 0 Å². The van der Waals surface area contributed by atoms with Crippen molar-refractivity contribution in [1.29, 1.82) is 0 Å². The largest absolute Gasteiger partial charge is 0.326 e. The summed E-state index contributed by atoms with van der Waals surface area (Å²) >= 11 is 14.0. The lowest BCUT2D eigenvalue weighted by Gasteiger charge is -2.25. The molecule has 0 radical (unpaired) electrons. The van der Waals surface area contributed by atoms with Crippen molar-refractivity contribution in [2.45, 2.75) is 38.0 Å². The zero-order chi connectivity index (χ0) is 14.5. The Morgan fingerprint density at radius 2 is 2.20 bits per heavy atom. The molecule has 0 aliphatic carbocycles. The number of carbonyl (C=O) groups excluding carboxylic acids is 1. The molecule has 1 heterocycles. The monoisotopic (exact) mass is 331 g/mol. The Morgan fingerprint density at radius 1 is 1.40 bits per heavy atom. The van der Waals surface area contributed by atoms with Crippen molar-refractivity contribution in [3.63, 3.8) is 0 Å². The van der Waals surface area contributed by atoms with E-state index in [0.717, 1.165) is 37.1 Å². The first kappa shape index (κ1) is 16.0. The smallest absolute Gasteiger partial charge is 0.223 e. The zero-order valence-corrected chi connectivity index (χ0v) is 13.9. The molecule has 0 saturated carbocycles. The number of hydrogen-bond acceptors (Lipinski definition) is 2. The second kappa shape index (κ2) is 7.58. The van der Waals surface area contributed by atoms with Gasteiger partial charge in [0.05, 0.1) is 0 Å². The minimum absolute atomic E-state index is 0.0360. The Bertz CT molecular complexity index is 481. The standard InChI is InChI=1S/C15H19Cl2NOS/c1-2-3-4-5-14(19)18-8-9-20-15(18)12-7-6-11(16)10-13(12)17/h6-7,10,15H,2-5,8-9H2,1H3/t15-/m0/s1. The van der Waals surface area contributed by atoms with Crippen molar-refractivity contribution < 1.29 is 4.79 Å². The summed E-state index contributed by atoms with van der Waals surface area (Å²) in [4.78, 5) is 14.3. The number of hydrogen-bond donors (Lipinski definition) is 0. The Balaban J connectivity index is 2.08. The van der Waals surface area contributed by atoms with Gasteiger partial charge in [0.2, 0.25) is 5.91 Å². The van der Waals surface area contributed by atoms with Gasteiger partial charge in [-0.3, -0.25) is 4.79 Å². The van der Waals surface area contributed by atoms with Crippen LogP contribution in [0, 0.1) is 0 Å². The number of benzene rings is 1. The molecule has 1 amide bonds. The molecule has 0 bridgehead atoms. The summed E-state index contributed by atoms with van der Waals surface area (Å²) in [6.07, 6.45) is 3.85. The summed E-state index contributed by atoms with van der Waals surface area (Å²) in [5.41, 5.74) is 0.988. The maximum absolute atomic E-state index is 12.3. The van der Waals surface area contributed by atoms with E-state index in [0.29, 0.717) is 16.5 Å². The molecule has 0 spiro atoms. The lowest BCUT2D eigenvalue weighted by atomic mass is 10.1. The van der Waals surface area contributed by atoms with Crippen molar-refractivity contribution in [1.82, 2.24) is 4.90 Å². The Morgan fingerprint density at radius 3 is 2.90 bits per heavy atom. The van der Waals surface area contributed by atoms with Crippen LogP contribution in [0.2, 0.25) is 10.0 Å². The summed E-state index contributed by atoms with van der Waals surface area (Å²) in [5, 5.41) is 1.31. The van der Waals surface area contributed by atoms with Gasteiger partial charge in [-0.2, -0.15) is 0 Å². The molecule has 0 aromatic heterocycles. The van der Waals surface area contributed by atoms with E-state index in [1.165, 1.54) is 0 Å². The quantitative estimate of drug-likeness (QED) is 0.695. The molecule has 0 N–H and O–H groups in total. The van der Waals surface area contributed by atoms with Crippen LogP contribution < -0.4 is 0 Å². The normalized spacial score (nSPS) is 18.6. The van der Waals surface area contributed by atoms with Gasteiger partial charge >= 0.3 is 0 Å². The van der Waals surface area contributed by atoms with E-state index in [1.54, 1.807) is 17.8 Å². The van der Waals surface area contributed by atoms with Crippen LogP contribution in [0.1, 0.15) is 43.5 Å². The fourth-order valence-electron chi connectivity index (χ4n) is 2.35. The molecule has 110 valence electrons. The second-order valence-corrected chi connectivity index (χ2v) is 6.96. The van der Waals surface area contributed by atoms with Gasteiger partial charge in [0.1, 0.15) is 5.37 Å². The van der Waals surface area contributed by atoms with Gasteiger partial charge in [0.15, 0.2) is 0 Å². The summed E-state index contributed by atoms with van der Waals surface area (Å²) < 4.78 is 0. The van der Waals surface area contributed by atoms with E-state index >= 15 is 0 Å². The molecule has 1 aliphatic heterocycles. The number of carbonyl (C=O) groups is 1. The van der Waals surface area contributed by atoms with Crippen molar-refractivity contribution in [2.24, 2.45) is 0 Å². The molecule has 2 rings (SSSR count). The highest BCUT2D eigenvalue weighted by atomic mass is 35.5. The lowest BCUT2D eigenvalue weighted by Crippen LogP contribution is -2.30. The Hall–Kier alpha value is -0.380. The topological polar surface area (TPSA) is 20.3 Å². The number of halogens is 2. The molecule has 2 nitrogen and oxygen atoms in total. The molecule has 20 heavy (non-hydrogen) atoms. The molecule has 1 aliphatic rings. The van der Waals surface area contributed by atoms with Crippen LogP contribution in [0.25, 0.3) is 0 Å². The van der Waals surface area contributed by atoms with Crippen LogP contribution in [-0.2, 0) is 4.79 Å². The van der Waals surface area contributed by atoms with Gasteiger partial charge in [-0.05, 0) is 18.6 Å². The number of unbranched alkanes of at least 4 members (excludes halogenated alkanes) is 2. The van der Waals surface area contributed by atoms with Crippen LogP contribution in [0.3, 0.4) is 0 Å². The molecule has 1 fully saturated rings. The summed E-state index contributed by atoms with van der Waals surface area (Å²) in [6, 6.07) is 5.51. The average molecular weight is 332 g/mol. The third-order valence-electron chi connectivity index (χ3n) is 3.43. The van der Waals surface area contributed by atoms with E-state index in [4.69, 9.17) is 23.2 Å². The highest BCUT2D eigenvalue weighted by molar-refractivity contribution is 7.99. The van der Waals surface area contributed by atoms with E-state index in [9.17, 15) is 4.79 Å². The summed E-state index contributed by atoms with van der Waals surface area (Å²) in [6.45, 7) is 2.95. The predicted octanol–water partition coefficient (Wildman–Crippen LogP) is 5.15. The highest BCUT2D eigenvalue weighted by Gasteiger charge is 2.31. The van der Waals surface area contributed by atoms with Crippen LogP contribution >= 0.6 is 35.0 Å². The SMILES string of the molecule is CCCCCC(=O)N1CCS[C@H]1c1ccc(Cl)cc1Cl. The molecular formula is C15H19Cl2NOS. The Labute approximate surface area is 134 Å². The van der Waals surface area contributed by atoms with Gasteiger partial charge in [-0.25, -0.2) is 0 Å². The van der Waals surface area contributed by atoms with Crippen LogP contribution in [0.15, 0.2) is 18.2 Å². The minimum atomic E-state index is 0.0360. The van der Waals surface area contributed by atoms with Crippen molar-refractivity contribution in [2.75, 3.05) is 12.3 Å². The first-order valence-corrected chi connectivity index (χ1v) is 8.80. The fraction of sp³-hybridized carbons (Fsp3) is 0.533. The zero-order valence-electron chi connectivity index (χ0n) is 11.6. The van der Waals surface area contributed by atoms with Crippen molar-refractivity contribution in [3.05, 3.63) is 33.8 Å². The minimum Gasteiger partial charge on any atom is -0.326 e. The first-order valence-electron chi connectivity index (χ1n) is 6.99. The van der Waals surface area contributed by atoms with E-state index in [-0.39, 0.29) is 11.3 Å². The molecule has 1 aromatic rings. The number of rotatable bonds is 5. The molecule has 0 unspecified atom stereocenters. The van der Waals surface area contributed by atoms with Gasteiger partial charge in [-0.15, -0.1) is 11.8 Å². The van der Waals surface area contributed by atoms with Crippen LogP contribution in [-0.4, -0.2) is 23.1 Å².